The number of nitrogens with zero attached hydrogens (tertiary/aromatic N) is 4. The minimum Gasteiger partial charge on any atom is -0.377 e. The van der Waals surface area contributed by atoms with Crippen LogP contribution in [0.15, 0.2) is 23.1 Å². The molecule has 0 radical (unpaired) electrons. The average molecular weight is 261 g/mol. The molecule has 1 aromatic rings. The van der Waals surface area contributed by atoms with Crippen LogP contribution >= 0.6 is 0 Å². The first-order chi connectivity index (χ1) is 9.20. The van der Waals surface area contributed by atoms with Crippen LogP contribution in [0.5, 0.6) is 0 Å². The predicted octanol–water partition coefficient (Wildman–Crippen LogP) is -0.832. The lowest BCUT2D eigenvalue weighted by molar-refractivity contribution is 0.100. The van der Waals surface area contributed by atoms with E-state index in [2.05, 4.69) is 20.7 Å². The normalized spacial score (nSPS) is 21.0. The van der Waals surface area contributed by atoms with Gasteiger partial charge < -0.3 is 11.1 Å². The summed E-state index contributed by atoms with van der Waals surface area (Å²) in [6, 6.07) is 0. The summed E-state index contributed by atoms with van der Waals surface area (Å²) < 4.78 is 1.68. The Balaban J connectivity index is 2.02. The summed E-state index contributed by atoms with van der Waals surface area (Å²) in [7, 11) is 0. The second-order valence-corrected chi connectivity index (χ2v) is 4.28. The van der Waals surface area contributed by atoms with Crippen molar-refractivity contribution in [3.8, 4) is 0 Å². The molecular formula is C11H15N7O. The van der Waals surface area contributed by atoms with Crippen molar-refractivity contribution in [3.05, 3.63) is 23.7 Å². The zero-order valence-electron chi connectivity index (χ0n) is 10.5. The van der Waals surface area contributed by atoms with Crippen molar-refractivity contribution in [3.63, 3.8) is 0 Å². The zero-order valence-corrected chi connectivity index (χ0v) is 10.5. The van der Waals surface area contributed by atoms with Crippen molar-refractivity contribution < 1.29 is 4.79 Å². The Hall–Kier alpha value is -2.35. The second-order valence-electron chi connectivity index (χ2n) is 4.28. The number of amides is 1. The number of carbonyl (C=O) groups is 1. The Labute approximate surface area is 110 Å². The molecule has 0 spiro atoms. The fourth-order valence-corrected chi connectivity index (χ4v) is 2.13. The second kappa shape index (κ2) is 4.39. The van der Waals surface area contributed by atoms with Gasteiger partial charge in [-0.05, 0) is 6.92 Å². The molecule has 0 aliphatic carbocycles. The first kappa shape index (κ1) is 11.7. The average Bonchev–Trinajstić information content (AvgIpc) is 3.02. The van der Waals surface area contributed by atoms with E-state index in [9.17, 15) is 4.79 Å². The Kier molecular flexibility index (Phi) is 2.71. The van der Waals surface area contributed by atoms with E-state index in [1.807, 2.05) is 13.1 Å². The molecule has 0 fully saturated rings. The van der Waals surface area contributed by atoms with E-state index >= 15 is 0 Å². The molecule has 0 aromatic carbocycles. The van der Waals surface area contributed by atoms with Crippen molar-refractivity contribution in [2.24, 2.45) is 10.7 Å². The van der Waals surface area contributed by atoms with E-state index in [4.69, 9.17) is 5.73 Å². The number of hydrogen-bond acceptors (Lipinski definition) is 6. The fraction of sp³-hybridized carbons (Fsp3) is 0.364. The summed E-state index contributed by atoms with van der Waals surface area (Å²) >= 11 is 0. The molecule has 0 bridgehead atoms. The molecule has 8 nitrogen and oxygen atoms in total. The number of aryl methyl sites for hydroxylation is 1. The number of hydrogen-bond donors (Lipinski definition) is 3. The largest absolute Gasteiger partial charge is 0.377 e. The van der Waals surface area contributed by atoms with Crippen LogP contribution in [0.3, 0.4) is 0 Å². The zero-order chi connectivity index (χ0) is 13.4. The highest BCUT2D eigenvalue weighted by Gasteiger charge is 2.31. The van der Waals surface area contributed by atoms with E-state index in [1.165, 1.54) is 0 Å². The van der Waals surface area contributed by atoms with E-state index in [-0.39, 0.29) is 6.17 Å². The maximum absolute atomic E-state index is 11.5. The smallest absolute Gasteiger partial charge is 0.254 e. The summed E-state index contributed by atoms with van der Waals surface area (Å²) in [4.78, 5) is 17.6. The summed E-state index contributed by atoms with van der Waals surface area (Å²) in [5.41, 5.74) is 6.69. The molecule has 1 aromatic heterocycles. The molecule has 8 heteroatoms. The molecule has 19 heavy (non-hydrogen) atoms. The number of aromatic nitrogens is 2. The maximum Gasteiger partial charge on any atom is 0.254 e. The number of fused-ring (bicyclic) bond motifs is 1. The van der Waals surface area contributed by atoms with Crippen LogP contribution in [0.2, 0.25) is 0 Å². The fourth-order valence-electron chi connectivity index (χ4n) is 2.13. The van der Waals surface area contributed by atoms with Gasteiger partial charge in [-0.25, -0.2) is 4.99 Å². The molecule has 3 heterocycles. The minimum absolute atomic E-state index is 0.103. The van der Waals surface area contributed by atoms with Gasteiger partial charge in [0.15, 0.2) is 5.82 Å². The van der Waals surface area contributed by atoms with E-state index in [0.717, 1.165) is 5.70 Å². The van der Waals surface area contributed by atoms with Gasteiger partial charge in [-0.1, -0.05) is 0 Å². The standard InChI is InChI=1S/C11H15N7O/c1-2-17-4-7(9(12)19)11(16-17)18-6-15-10-8(18)3-13-5-14-10/h3-4,6,10,13-14H,2,5H2,1H3,(H2,12,19). The van der Waals surface area contributed by atoms with Gasteiger partial charge >= 0.3 is 0 Å². The first-order valence-electron chi connectivity index (χ1n) is 6.07. The first-order valence-corrected chi connectivity index (χ1v) is 6.07. The third-order valence-electron chi connectivity index (χ3n) is 3.10. The number of nitrogens with two attached hydrogens (primary N) is 1. The molecule has 2 aliphatic rings. The van der Waals surface area contributed by atoms with Crippen molar-refractivity contribution in [2.75, 3.05) is 11.6 Å². The minimum atomic E-state index is -0.496. The lowest BCUT2D eigenvalue weighted by Gasteiger charge is -2.23. The molecular weight excluding hydrogens is 246 g/mol. The van der Waals surface area contributed by atoms with E-state index in [0.29, 0.717) is 24.6 Å². The van der Waals surface area contributed by atoms with Gasteiger partial charge in [0.25, 0.3) is 5.91 Å². The van der Waals surface area contributed by atoms with Gasteiger partial charge in [-0.15, -0.1) is 0 Å². The quantitative estimate of drug-likeness (QED) is 0.659. The number of rotatable bonds is 3. The lowest BCUT2D eigenvalue weighted by atomic mass is 10.2. The molecule has 0 saturated carbocycles. The van der Waals surface area contributed by atoms with Crippen LogP contribution in [0.4, 0.5) is 5.82 Å². The van der Waals surface area contributed by atoms with Gasteiger partial charge in [0.05, 0.1) is 18.7 Å². The summed E-state index contributed by atoms with van der Waals surface area (Å²) in [5.74, 6) is 0.0150. The number of anilines is 1. The molecule has 1 amide bonds. The summed E-state index contributed by atoms with van der Waals surface area (Å²) in [5, 5.41) is 10.6. The molecule has 0 saturated heterocycles. The molecule has 2 aliphatic heterocycles. The third kappa shape index (κ3) is 1.85. The van der Waals surface area contributed by atoms with Crippen molar-refractivity contribution in [2.45, 2.75) is 19.6 Å². The van der Waals surface area contributed by atoms with E-state index in [1.54, 1.807) is 22.1 Å². The van der Waals surface area contributed by atoms with Crippen molar-refractivity contribution in [1.82, 2.24) is 20.4 Å². The number of carbonyl (C=O) groups excluding carboxylic acids is 1. The highest BCUT2D eigenvalue weighted by molar-refractivity contribution is 6.01. The van der Waals surface area contributed by atoms with Gasteiger partial charge in [0, 0.05) is 18.9 Å². The Morgan fingerprint density at radius 2 is 2.47 bits per heavy atom. The number of primary amides is 1. The third-order valence-corrected chi connectivity index (χ3v) is 3.10. The van der Waals surface area contributed by atoms with Crippen LogP contribution in [0.1, 0.15) is 17.3 Å². The topological polar surface area (TPSA) is 101 Å². The molecule has 3 rings (SSSR count). The number of nitrogens with one attached hydrogen (secondary N) is 2. The predicted molar refractivity (Wildman–Crippen MR) is 70.4 cm³/mol. The van der Waals surface area contributed by atoms with E-state index < -0.39 is 5.91 Å². The van der Waals surface area contributed by atoms with Gasteiger partial charge in [-0.2, -0.15) is 5.10 Å². The van der Waals surface area contributed by atoms with Crippen LogP contribution in [-0.4, -0.2) is 34.9 Å². The summed E-state index contributed by atoms with van der Waals surface area (Å²) in [6.07, 6.45) is 5.08. The Bertz CT molecular complexity index is 574. The van der Waals surface area contributed by atoms with Crippen LogP contribution in [0, 0.1) is 0 Å². The van der Waals surface area contributed by atoms with Gasteiger partial charge in [0.1, 0.15) is 11.7 Å². The molecule has 1 unspecified atom stereocenters. The van der Waals surface area contributed by atoms with Crippen molar-refractivity contribution in [1.29, 1.82) is 0 Å². The van der Waals surface area contributed by atoms with Crippen molar-refractivity contribution >= 4 is 18.1 Å². The Morgan fingerprint density at radius 3 is 3.21 bits per heavy atom. The van der Waals surface area contributed by atoms with Gasteiger partial charge in [-0.3, -0.25) is 19.7 Å². The summed E-state index contributed by atoms with van der Waals surface area (Å²) in [6.45, 7) is 3.28. The van der Waals surface area contributed by atoms with Crippen LogP contribution in [-0.2, 0) is 6.54 Å². The molecule has 1 atom stereocenters. The highest BCUT2D eigenvalue weighted by atomic mass is 16.1. The lowest BCUT2D eigenvalue weighted by Crippen LogP contribution is -2.42. The Morgan fingerprint density at radius 1 is 1.63 bits per heavy atom. The van der Waals surface area contributed by atoms with Crippen LogP contribution < -0.4 is 21.3 Å². The van der Waals surface area contributed by atoms with Crippen LogP contribution in [0.25, 0.3) is 0 Å². The maximum atomic E-state index is 11.5. The molecule has 100 valence electrons. The number of aliphatic imine (C=N–C) groups is 1. The SMILES string of the molecule is CCn1cc(C(N)=O)c(N2C=NC3NCNC=C32)n1. The molecule has 4 N–H and O–H groups in total. The highest BCUT2D eigenvalue weighted by Crippen LogP contribution is 2.26. The monoisotopic (exact) mass is 261 g/mol. The van der Waals surface area contributed by atoms with Gasteiger partial charge in [0.2, 0.25) is 0 Å².